The summed E-state index contributed by atoms with van der Waals surface area (Å²) in [5.41, 5.74) is 0. The third-order valence-electron chi connectivity index (χ3n) is 1.08. The van der Waals surface area contributed by atoms with E-state index in [4.69, 9.17) is 0 Å². The summed E-state index contributed by atoms with van der Waals surface area (Å²) in [4.78, 5) is 19.8. The summed E-state index contributed by atoms with van der Waals surface area (Å²) < 4.78 is 0. The van der Waals surface area contributed by atoms with E-state index in [2.05, 4.69) is 15.0 Å². The zero-order valence-electron chi connectivity index (χ0n) is 5.37. The van der Waals surface area contributed by atoms with E-state index in [1.807, 2.05) is 0 Å². The van der Waals surface area contributed by atoms with Gasteiger partial charge in [-0.1, -0.05) is 0 Å². The number of imidazole rings is 1. The van der Waals surface area contributed by atoms with Crippen LogP contribution in [0, 0.1) is 0 Å². The number of rotatable bonds is 3. The fourth-order valence-electron chi connectivity index (χ4n) is 0.642. The Kier molecular flexibility index (Phi) is 2.40. The minimum Gasteiger partial charge on any atom is -0.349 e. The van der Waals surface area contributed by atoms with E-state index in [0.29, 0.717) is 13.0 Å². The summed E-state index contributed by atoms with van der Waals surface area (Å²) in [7, 11) is 0. The van der Waals surface area contributed by atoms with E-state index in [1.54, 1.807) is 12.4 Å². The lowest BCUT2D eigenvalue weighted by Crippen LogP contribution is -1.90. The van der Waals surface area contributed by atoms with Crippen LogP contribution in [0.25, 0.3) is 0 Å². The molecule has 0 aliphatic heterocycles. The average Bonchev–Trinajstić information content (AvgIpc) is 2.41. The monoisotopic (exact) mass is 137 g/mol. The summed E-state index contributed by atoms with van der Waals surface area (Å²) in [6.07, 6.45) is 5.54. The molecule has 0 fully saturated rings. The maximum Gasteiger partial charge on any atom is 0.234 e. The fourth-order valence-corrected chi connectivity index (χ4v) is 0.642. The molecule has 0 spiro atoms. The lowest BCUT2D eigenvalue weighted by atomic mass is 10.4. The number of carbonyl (C=O) groups excluding carboxylic acids is 1. The first kappa shape index (κ1) is 6.71. The summed E-state index contributed by atoms with van der Waals surface area (Å²) in [5.74, 6) is 0.846. The van der Waals surface area contributed by atoms with E-state index in [9.17, 15) is 4.79 Å². The van der Waals surface area contributed by atoms with Crippen LogP contribution in [0.5, 0.6) is 0 Å². The lowest BCUT2D eigenvalue weighted by molar-refractivity contribution is 0.562. The number of H-pyrrole nitrogens is 1. The van der Waals surface area contributed by atoms with Gasteiger partial charge < -0.3 is 4.98 Å². The maximum atomic E-state index is 9.61. The van der Waals surface area contributed by atoms with Gasteiger partial charge in [0, 0.05) is 18.8 Å². The van der Waals surface area contributed by atoms with Crippen LogP contribution in [0.3, 0.4) is 0 Å². The summed E-state index contributed by atoms with van der Waals surface area (Å²) in [5, 5.41) is 0. The van der Waals surface area contributed by atoms with Crippen LogP contribution < -0.4 is 0 Å². The number of aliphatic imine (C=N–C) groups is 1. The van der Waals surface area contributed by atoms with Crippen molar-refractivity contribution in [3.8, 4) is 0 Å². The van der Waals surface area contributed by atoms with Crippen molar-refractivity contribution in [2.24, 2.45) is 4.99 Å². The Hall–Kier alpha value is -1.41. The Bertz CT molecular complexity index is 223. The van der Waals surface area contributed by atoms with Gasteiger partial charge in [-0.25, -0.2) is 14.8 Å². The van der Waals surface area contributed by atoms with Crippen LogP contribution in [0.15, 0.2) is 17.4 Å². The molecule has 4 nitrogen and oxygen atoms in total. The van der Waals surface area contributed by atoms with Crippen LogP contribution in [-0.2, 0) is 11.2 Å². The molecule has 0 bridgehead atoms. The van der Waals surface area contributed by atoms with Gasteiger partial charge in [-0.2, -0.15) is 0 Å². The Labute approximate surface area is 58.0 Å². The van der Waals surface area contributed by atoms with E-state index in [-0.39, 0.29) is 0 Å². The number of hydrogen-bond donors (Lipinski definition) is 1. The molecule has 0 atom stereocenters. The standard InChI is InChI=1S/C6H7N3O/c10-5-7-2-1-6-8-3-4-9-6/h3-4H,1-2H2,(H,8,9). The number of aromatic amines is 1. The third kappa shape index (κ3) is 1.84. The fraction of sp³-hybridized carbons (Fsp3) is 0.333. The summed E-state index contributed by atoms with van der Waals surface area (Å²) in [6, 6.07) is 0. The van der Waals surface area contributed by atoms with E-state index < -0.39 is 0 Å². The highest BCUT2D eigenvalue weighted by atomic mass is 16.1. The van der Waals surface area contributed by atoms with Crippen LogP contribution in [0.4, 0.5) is 0 Å². The van der Waals surface area contributed by atoms with Crippen LogP contribution >= 0.6 is 0 Å². The second kappa shape index (κ2) is 3.58. The first-order chi connectivity index (χ1) is 4.93. The second-order valence-electron chi connectivity index (χ2n) is 1.76. The van der Waals surface area contributed by atoms with Crippen LogP contribution in [0.1, 0.15) is 5.82 Å². The molecule has 1 aromatic heterocycles. The predicted octanol–water partition coefficient (Wildman–Crippen LogP) is 0.288. The van der Waals surface area contributed by atoms with Gasteiger partial charge >= 0.3 is 0 Å². The van der Waals surface area contributed by atoms with Gasteiger partial charge in [-0.3, -0.25) is 0 Å². The first-order valence-electron chi connectivity index (χ1n) is 2.95. The van der Waals surface area contributed by atoms with Crippen molar-refractivity contribution in [1.29, 1.82) is 0 Å². The highest BCUT2D eigenvalue weighted by Gasteiger charge is 1.90. The van der Waals surface area contributed by atoms with Crippen molar-refractivity contribution in [3.05, 3.63) is 18.2 Å². The van der Waals surface area contributed by atoms with E-state index in [0.717, 1.165) is 5.82 Å². The van der Waals surface area contributed by atoms with Gasteiger partial charge in [-0.05, 0) is 0 Å². The molecule has 0 unspecified atom stereocenters. The van der Waals surface area contributed by atoms with Crippen LogP contribution in [-0.4, -0.2) is 22.6 Å². The maximum absolute atomic E-state index is 9.61. The number of hydrogen-bond acceptors (Lipinski definition) is 3. The molecule has 4 heteroatoms. The van der Waals surface area contributed by atoms with Crippen molar-refractivity contribution < 1.29 is 4.79 Å². The molecular formula is C6H7N3O. The zero-order chi connectivity index (χ0) is 7.23. The molecule has 52 valence electrons. The molecule has 1 heterocycles. The number of isocyanates is 1. The Morgan fingerprint density at radius 2 is 2.70 bits per heavy atom. The molecule has 0 radical (unpaired) electrons. The van der Waals surface area contributed by atoms with Crippen LogP contribution in [0.2, 0.25) is 0 Å². The second-order valence-corrected chi connectivity index (χ2v) is 1.76. The molecular weight excluding hydrogens is 130 g/mol. The molecule has 0 aromatic carbocycles. The third-order valence-corrected chi connectivity index (χ3v) is 1.08. The molecule has 0 aliphatic rings. The van der Waals surface area contributed by atoms with Gasteiger partial charge in [0.05, 0.1) is 6.54 Å². The minimum absolute atomic E-state index is 0.455. The average molecular weight is 137 g/mol. The quantitative estimate of drug-likeness (QED) is 0.480. The Morgan fingerprint density at radius 3 is 3.30 bits per heavy atom. The van der Waals surface area contributed by atoms with Crippen molar-refractivity contribution in [3.63, 3.8) is 0 Å². The largest absolute Gasteiger partial charge is 0.349 e. The van der Waals surface area contributed by atoms with E-state index >= 15 is 0 Å². The Balaban J connectivity index is 2.34. The van der Waals surface area contributed by atoms with Gasteiger partial charge in [0.1, 0.15) is 5.82 Å². The lowest BCUT2D eigenvalue weighted by Gasteiger charge is -1.86. The molecule has 0 aliphatic carbocycles. The van der Waals surface area contributed by atoms with Crippen molar-refractivity contribution in [1.82, 2.24) is 9.97 Å². The Morgan fingerprint density at radius 1 is 1.80 bits per heavy atom. The molecule has 0 saturated heterocycles. The van der Waals surface area contributed by atoms with Crippen molar-refractivity contribution in [2.45, 2.75) is 6.42 Å². The number of nitrogens with zero attached hydrogens (tertiary/aromatic N) is 2. The van der Waals surface area contributed by atoms with Gasteiger partial charge in [0.25, 0.3) is 0 Å². The first-order valence-corrected chi connectivity index (χ1v) is 2.95. The number of aromatic nitrogens is 2. The highest BCUT2D eigenvalue weighted by Crippen LogP contribution is 1.88. The molecule has 0 saturated carbocycles. The smallest absolute Gasteiger partial charge is 0.234 e. The molecule has 1 aromatic rings. The van der Waals surface area contributed by atoms with Crippen molar-refractivity contribution in [2.75, 3.05) is 6.54 Å². The molecule has 0 amide bonds. The predicted molar refractivity (Wildman–Crippen MR) is 35.3 cm³/mol. The van der Waals surface area contributed by atoms with Gasteiger partial charge in [0.15, 0.2) is 0 Å². The summed E-state index contributed by atoms with van der Waals surface area (Å²) >= 11 is 0. The molecule has 1 rings (SSSR count). The SMILES string of the molecule is O=C=NCCc1ncc[nH]1. The topological polar surface area (TPSA) is 58.1 Å². The van der Waals surface area contributed by atoms with E-state index in [1.165, 1.54) is 6.08 Å². The highest BCUT2D eigenvalue weighted by molar-refractivity contribution is 5.32. The van der Waals surface area contributed by atoms with Gasteiger partial charge in [-0.15, -0.1) is 0 Å². The summed E-state index contributed by atoms with van der Waals surface area (Å²) in [6.45, 7) is 0.455. The molecule has 1 N–H and O–H groups in total. The van der Waals surface area contributed by atoms with Gasteiger partial charge in [0.2, 0.25) is 6.08 Å². The minimum atomic E-state index is 0.455. The number of nitrogens with one attached hydrogen (secondary N) is 1. The zero-order valence-corrected chi connectivity index (χ0v) is 5.37. The molecule has 10 heavy (non-hydrogen) atoms. The normalized spacial score (nSPS) is 8.80. The van der Waals surface area contributed by atoms with Crippen molar-refractivity contribution >= 4 is 6.08 Å².